The van der Waals surface area contributed by atoms with Gasteiger partial charge in [0.15, 0.2) is 5.15 Å². The Morgan fingerprint density at radius 3 is 2.80 bits per heavy atom. The van der Waals surface area contributed by atoms with Gasteiger partial charge >= 0.3 is 5.69 Å². The smallest absolute Gasteiger partial charge is 0.346 e. The van der Waals surface area contributed by atoms with Crippen LogP contribution in [0.3, 0.4) is 0 Å². The molecule has 0 aliphatic heterocycles. The molecule has 1 heterocycles. The number of hydrogen-bond donors (Lipinski definition) is 2. The molecule has 10 heavy (non-hydrogen) atoms. The molecule has 0 bridgehead atoms. The highest BCUT2D eigenvalue weighted by atomic mass is 35.5. The summed E-state index contributed by atoms with van der Waals surface area (Å²) in [6.07, 6.45) is 0. The molecular formula is C5H6ClN3O. The van der Waals surface area contributed by atoms with E-state index in [2.05, 4.69) is 9.97 Å². The second-order valence-corrected chi connectivity index (χ2v) is 2.23. The lowest BCUT2D eigenvalue weighted by Gasteiger charge is -1.97. The van der Waals surface area contributed by atoms with E-state index in [1.165, 1.54) is 0 Å². The Labute approximate surface area is 62.0 Å². The van der Waals surface area contributed by atoms with Crippen LogP contribution in [0.5, 0.6) is 0 Å². The molecule has 0 radical (unpaired) electrons. The van der Waals surface area contributed by atoms with Gasteiger partial charge in [-0.25, -0.2) is 4.79 Å². The first-order valence-electron chi connectivity index (χ1n) is 2.63. The molecule has 0 saturated carbocycles. The number of H-pyrrole nitrogens is 1. The van der Waals surface area contributed by atoms with Crippen LogP contribution in [-0.2, 0) is 0 Å². The third kappa shape index (κ3) is 1.11. The molecule has 0 amide bonds. The number of hydrogen-bond acceptors (Lipinski definition) is 3. The highest BCUT2D eigenvalue weighted by Crippen LogP contribution is 2.14. The molecule has 1 aromatic rings. The van der Waals surface area contributed by atoms with Gasteiger partial charge in [-0.3, -0.25) is 0 Å². The zero-order valence-electron chi connectivity index (χ0n) is 5.31. The fraction of sp³-hybridized carbons (Fsp3) is 0.200. The number of aromatic amines is 1. The van der Waals surface area contributed by atoms with Crippen molar-refractivity contribution in [3.8, 4) is 0 Å². The van der Waals surface area contributed by atoms with Crippen LogP contribution < -0.4 is 11.4 Å². The van der Waals surface area contributed by atoms with Crippen LogP contribution in [0, 0.1) is 6.92 Å². The van der Waals surface area contributed by atoms with Gasteiger partial charge in [0.25, 0.3) is 0 Å². The molecule has 0 aliphatic rings. The number of nitrogens with two attached hydrogens (primary N) is 1. The molecule has 0 saturated heterocycles. The first kappa shape index (κ1) is 7.08. The zero-order chi connectivity index (χ0) is 7.72. The van der Waals surface area contributed by atoms with Gasteiger partial charge in [-0.15, -0.1) is 0 Å². The maximum absolute atomic E-state index is 10.6. The summed E-state index contributed by atoms with van der Waals surface area (Å²) in [5, 5.41) is 0.0567. The molecule has 0 fully saturated rings. The summed E-state index contributed by atoms with van der Waals surface area (Å²) in [7, 11) is 0. The second kappa shape index (κ2) is 2.30. The summed E-state index contributed by atoms with van der Waals surface area (Å²) in [5.41, 5.74) is 5.78. The van der Waals surface area contributed by atoms with E-state index in [0.717, 1.165) is 0 Å². The summed E-state index contributed by atoms with van der Waals surface area (Å²) in [6.45, 7) is 1.66. The van der Waals surface area contributed by atoms with Crippen LogP contribution in [0.2, 0.25) is 5.15 Å². The number of halogens is 1. The summed E-state index contributed by atoms with van der Waals surface area (Å²) in [4.78, 5) is 16.3. The average molecular weight is 160 g/mol. The molecule has 0 atom stereocenters. The van der Waals surface area contributed by atoms with Crippen LogP contribution in [0.4, 0.5) is 5.69 Å². The largest absolute Gasteiger partial charge is 0.395 e. The monoisotopic (exact) mass is 159 g/mol. The summed E-state index contributed by atoms with van der Waals surface area (Å²) < 4.78 is 0. The van der Waals surface area contributed by atoms with E-state index >= 15 is 0 Å². The first-order chi connectivity index (χ1) is 4.61. The molecular weight excluding hydrogens is 154 g/mol. The predicted octanol–water partition coefficient (Wildman–Crippen LogP) is 0.314. The molecule has 3 N–H and O–H groups in total. The lowest BCUT2D eigenvalue weighted by atomic mass is 10.4. The van der Waals surface area contributed by atoms with Crippen molar-refractivity contribution in [3.05, 3.63) is 21.3 Å². The molecule has 5 heteroatoms. The number of rotatable bonds is 0. The number of nitrogen functional groups attached to an aromatic ring is 1. The van der Waals surface area contributed by atoms with Crippen molar-refractivity contribution < 1.29 is 0 Å². The van der Waals surface area contributed by atoms with Crippen LogP contribution in [-0.4, -0.2) is 9.97 Å². The maximum Gasteiger partial charge on any atom is 0.346 e. The van der Waals surface area contributed by atoms with Gasteiger partial charge in [0.1, 0.15) is 0 Å². The number of nitrogens with zero attached hydrogens (tertiary/aromatic N) is 1. The lowest BCUT2D eigenvalue weighted by molar-refractivity contribution is 1.03. The van der Waals surface area contributed by atoms with Crippen molar-refractivity contribution in [2.45, 2.75) is 6.92 Å². The predicted molar refractivity (Wildman–Crippen MR) is 39.0 cm³/mol. The van der Waals surface area contributed by atoms with Gasteiger partial charge in [-0.05, 0) is 6.92 Å². The molecule has 0 unspecified atom stereocenters. The van der Waals surface area contributed by atoms with Gasteiger partial charge in [0, 0.05) is 5.69 Å². The fourth-order valence-corrected chi connectivity index (χ4v) is 0.778. The van der Waals surface area contributed by atoms with Gasteiger partial charge in [-0.1, -0.05) is 11.6 Å². The molecule has 0 spiro atoms. The van der Waals surface area contributed by atoms with Gasteiger partial charge in [0.2, 0.25) is 0 Å². The summed E-state index contributed by atoms with van der Waals surface area (Å²) in [6, 6.07) is 0. The number of nitrogens with one attached hydrogen (secondary N) is 1. The van der Waals surface area contributed by atoms with Gasteiger partial charge in [0.05, 0.1) is 5.69 Å². The van der Waals surface area contributed by atoms with Crippen LogP contribution >= 0.6 is 11.6 Å². The summed E-state index contributed by atoms with van der Waals surface area (Å²) >= 11 is 5.46. The van der Waals surface area contributed by atoms with Crippen LogP contribution in [0.15, 0.2) is 4.79 Å². The fourth-order valence-electron chi connectivity index (χ4n) is 0.560. The van der Waals surface area contributed by atoms with E-state index in [9.17, 15) is 4.79 Å². The van der Waals surface area contributed by atoms with Crippen molar-refractivity contribution in [2.24, 2.45) is 0 Å². The number of aromatic nitrogens is 2. The van der Waals surface area contributed by atoms with E-state index in [1.807, 2.05) is 0 Å². The zero-order valence-corrected chi connectivity index (χ0v) is 6.07. The molecule has 54 valence electrons. The highest BCUT2D eigenvalue weighted by Gasteiger charge is 2.00. The molecule has 0 aromatic carbocycles. The van der Waals surface area contributed by atoms with E-state index in [1.54, 1.807) is 6.92 Å². The average Bonchev–Trinajstić information content (AvgIpc) is 1.82. The van der Waals surface area contributed by atoms with E-state index < -0.39 is 5.69 Å². The Morgan fingerprint density at radius 1 is 1.70 bits per heavy atom. The lowest BCUT2D eigenvalue weighted by Crippen LogP contribution is -2.13. The second-order valence-electron chi connectivity index (χ2n) is 1.87. The van der Waals surface area contributed by atoms with Crippen molar-refractivity contribution in [1.29, 1.82) is 0 Å². The van der Waals surface area contributed by atoms with E-state index in [4.69, 9.17) is 17.3 Å². The SMILES string of the molecule is Cc1[nH]c(=O)nc(Cl)c1N. The molecule has 1 aromatic heterocycles. The van der Waals surface area contributed by atoms with Crippen molar-refractivity contribution >= 4 is 17.3 Å². The standard InChI is InChI=1S/C5H6ClN3O/c1-2-3(7)4(6)9-5(10)8-2/h7H2,1H3,(H,8,9,10). The summed E-state index contributed by atoms with van der Waals surface area (Å²) in [5.74, 6) is 0. The van der Waals surface area contributed by atoms with Gasteiger partial charge < -0.3 is 10.7 Å². The third-order valence-electron chi connectivity index (χ3n) is 1.12. The highest BCUT2D eigenvalue weighted by molar-refractivity contribution is 6.31. The normalized spacial score (nSPS) is 9.80. The van der Waals surface area contributed by atoms with E-state index in [-0.39, 0.29) is 5.15 Å². The Morgan fingerprint density at radius 2 is 2.30 bits per heavy atom. The van der Waals surface area contributed by atoms with E-state index in [0.29, 0.717) is 11.4 Å². The number of aryl methyl sites for hydroxylation is 1. The van der Waals surface area contributed by atoms with Crippen LogP contribution in [0.1, 0.15) is 5.69 Å². The number of anilines is 1. The Bertz CT molecular complexity index is 280. The van der Waals surface area contributed by atoms with Gasteiger partial charge in [-0.2, -0.15) is 4.98 Å². The van der Waals surface area contributed by atoms with Crippen molar-refractivity contribution in [3.63, 3.8) is 0 Å². The Balaban J connectivity index is 3.46. The molecule has 4 nitrogen and oxygen atoms in total. The minimum absolute atomic E-state index is 0.0567. The quantitative estimate of drug-likeness (QED) is 0.536. The van der Waals surface area contributed by atoms with Crippen LogP contribution in [0.25, 0.3) is 0 Å². The minimum Gasteiger partial charge on any atom is -0.395 e. The molecule has 1 rings (SSSR count). The van der Waals surface area contributed by atoms with Crippen molar-refractivity contribution in [1.82, 2.24) is 9.97 Å². The Kier molecular flexibility index (Phi) is 1.63. The first-order valence-corrected chi connectivity index (χ1v) is 3.01. The van der Waals surface area contributed by atoms with Crippen molar-refractivity contribution in [2.75, 3.05) is 5.73 Å². The minimum atomic E-state index is -0.475. The maximum atomic E-state index is 10.6. The topological polar surface area (TPSA) is 71.8 Å². The molecule has 0 aliphatic carbocycles. The Hall–Kier alpha value is -1.03. The third-order valence-corrected chi connectivity index (χ3v) is 1.41.